The van der Waals surface area contributed by atoms with Crippen LogP contribution in [0.5, 0.6) is 0 Å². The van der Waals surface area contributed by atoms with Crippen molar-refractivity contribution in [2.24, 2.45) is 4.99 Å². The SMILES string of the molecule is CN=C(NCCC(C)c1cccc(C(F)(F)F)c1)NCC1CN2CCCC2CO1.I. The molecule has 3 unspecified atom stereocenters. The van der Waals surface area contributed by atoms with E-state index in [1.807, 2.05) is 6.92 Å². The van der Waals surface area contributed by atoms with Crippen molar-refractivity contribution in [3.05, 3.63) is 35.4 Å². The maximum Gasteiger partial charge on any atom is 0.416 e. The maximum atomic E-state index is 12.9. The Balaban J connectivity index is 0.00000320. The lowest BCUT2D eigenvalue weighted by atomic mass is 9.96. The Hall–Kier alpha value is -1.07. The number of halogens is 4. The number of aliphatic imine (C=N–C) groups is 1. The van der Waals surface area contributed by atoms with Crippen molar-refractivity contribution in [1.82, 2.24) is 15.5 Å². The smallest absolute Gasteiger partial charge is 0.373 e. The van der Waals surface area contributed by atoms with Gasteiger partial charge < -0.3 is 15.4 Å². The number of rotatable bonds is 6. The third-order valence-corrected chi connectivity index (χ3v) is 5.84. The first-order chi connectivity index (χ1) is 13.9. The molecule has 2 aliphatic rings. The number of guanidine groups is 1. The number of alkyl halides is 3. The van der Waals surface area contributed by atoms with Crippen LogP contribution in [0.4, 0.5) is 13.2 Å². The van der Waals surface area contributed by atoms with Crippen LogP contribution in [0.1, 0.15) is 43.2 Å². The number of hydrogen-bond acceptors (Lipinski definition) is 3. The van der Waals surface area contributed by atoms with Crippen molar-refractivity contribution >= 4 is 29.9 Å². The largest absolute Gasteiger partial charge is 0.416 e. The molecule has 0 aromatic heterocycles. The molecule has 2 N–H and O–H groups in total. The Morgan fingerprint density at radius 3 is 2.87 bits per heavy atom. The molecule has 30 heavy (non-hydrogen) atoms. The summed E-state index contributed by atoms with van der Waals surface area (Å²) in [5.41, 5.74) is 0.0975. The van der Waals surface area contributed by atoms with Gasteiger partial charge in [0.25, 0.3) is 0 Å². The van der Waals surface area contributed by atoms with Crippen LogP contribution in [0.25, 0.3) is 0 Å². The number of ether oxygens (including phenoxy) is 1. The summed E-state index contributed by atoms with van der Waals surface area (Å²) in [7, 11) is 1.71. The molecule has 5 nitrogen and oxygen atoms in total. The highest BCUT2D eigenvalue weighted by Crippen LogP contribution is 2.31. The fraction of sp³-hybridized carbons (Fsp3) is 0.667. The molecule has 2 aliphatic heterocycles. The van der Waals surface area contributed by atoms with E-state index in [0.29, 0.717) is 37.1 Å². The highest BCUT2D eigenvalue weighted by Gasteiger charge is 2.32. The average molecular weight is 540 g/mol. The van der Waals surface area contributed by atoms with Gasteiger partial charge in [-0.3, -0.25) is 9.89 Å². The molecule has 3 atom stereocenters. The van der Waals surface area contributed by atoms with Gasteiger partial charge in [0.05, 0.1) is 18.3 Å². The van der Waals surface area contributed by atoms with Crippen LogP contribution in [-0.2, 0) is 10.9 Å². The third-order valence-electron chi connectivity index (χ3n) is 5.84. The number of fused-ring (bicyclic) bond motifs is 1. The topological polar surface area (TPSA) is 48.9 Å². The molecule has 2 heterocycles. The zero-order valence-electron chi connectivity index (χ0n) is 17.5. The molecule has 2 saturated heterocycles. The summed E-state index contributed by atoms with van der Waals surface area (Å²) in [6, 6.07) is 6.15. The normalized spacial score (nSPS) is 23.4. The van der Waals surface area contributed by atoms with Gasteiger partial charge in [0.2, 0.25) is 0 Å². The fourth-order valence-electron chi connectivity index (χ4n) is 4.04. The van der Waals surface area contributed by atoms with E-state index in [4.69, 9.17) is 4.74 Å². The summed E-state index contributed by atoms with van der Waals surface area (Å²) in [5.74, 6) is 0.699. The van der Waals surface area contributed by atoms with Crippen molar-refractivity contribution in [2.45, 2.75) is 50.4 Å². The van der Waals surface area contributed by atoms with E-state index in [-0.39, 0.29) is 36.0 Å². The van der Waals surface area contributed by atoms with Gasteiger partial charge in [-0.1, -0.05) is 25.1 Å². The van der Waals surface area contributed by atoms with Crippen molar-refractivity contribution in [3.63, 3.8) is 0 Å². The lowest BCUT2D eigenvalue weighted by Gasteiger charge is -2.35. The molecule has 0 amide bonds. The van der Waals surface area contributed by atoms with E-state index in [0.717, 1.165) is 25.8 Å². The first kappa shape index (κ1) is 25.2. The first-order valence-electron chi connectivity index (χ1n) is 10.3. The average Bonchev–Trinajstić information content (AvgIpc) is 3.17. The quantitative estimate of drug-likeness (QED) is 0.327. The van der Waals surface area contributed by atoms with E-state index < -0.39 is 11.7 Å². The second kappa shape index (κ2) is 11.5. The molecule has 0 saturated carbocycles. The molecule has 0 spiro atoms. The van der Waals surface area contributed by atoms with Crippen molar-refractivity contribution in [1.29, 1.82) is 0 Å². The zero-order chi connectivity index (χ0) is 20.9. The molecule has 0 radical (unpaired) electrons. The molecular weight excluding hydrogens is 508 g/mol. The highest BCUT2D eigenvalue weighted by molar-refractivity contribution is 14.0. The Kier molecular flexibility index (Phi) is 9.67. The van der Waals surface area contributed by atoms with E-state index in [1.54, 1.807) is 13.1 Å². The minimum absolute atomic E-state index is 0. The number of morpholine rings is 1. The fourth-order valence-corrected chi connectivity index (χ4v) is 4.04. The van der Waals surface area contributed by atoms with Crippen LogP contribution < -0.4 is 10.6 Å². The molecule has 0 aliphatic carbocycles. The number of nitrogens with one attached hydrogen (secondary N) is 2. The van der Waals surface area contributed by atoms with Crippen LogP contribution in [0.3, 0.4) is 0 Å². The second-order valence-electron chi connectivity index (χ2n) is 7.94. The molecule has 9 heteroatoms. The van der Waals surface area contributed by atoms with Gasteiger partial charge in [-0.15, -0.1) is 24.0 Å². The highest BCUT2D eigenvalue weighted by atomic mass is 127. The van der Waals surface area contributed by atoms with Gasteiger partial charge in [-0.25, -0.2) is 0 Å². The predicted octanol–water partition coefficient (Wildman–Crippen LogP) is 3.85. The first-order valence-corrected chi connectivity index (χ1v) is 10.3. The van der Waals surface area contributed by atoms with Crippen molar-refractivity contribution in [2.75, 3.05) is 39.8 Å². The minimum Gasteiger partial charge on any atom is -0.373 e. The predicted molar refractivity (Wildman–Crippen MR) is 124 cm³/mol. The summed E-state index contributed by atoms with van der Waals surface area (Å²) >= 11 is 0. The maximum absolute atomic E-state index is 12.9. The summed E-state index contributed by atoms with van der Waals surface area (Å²) in [6.07, 6.45) is -0.977. The molecular formula is C21H32F3IN4O. The van der Waals surface area contributed by atoms with Gasteiger partial charge in [0, 0.05) is 32.7 Å². The number of hydrogen-bond donors (Lipinski definition) is 2. The standard InChI is InChI=1S/C21H31F3N4O.HI/c1-15(16-5-3-6-17(11-16)21(22,23)24)8-9-26-20(25-2)27-12-19-13-28-10-4-7-18(28)14-29-19;/h3,5-6,11,15,18-19H,4,7-10,12-14H2,1-2H3,(H2,25,26,27);1H. The van der Waals surface area contributed by atoms with E-state index in [1.165, 1.54) is 25.0 Å². The monoisotopic (exact) mass is 540 g/mol. The Morgan fingerprint density at radius 2 is 2.13 bits per heavy atom. The lowest BCUT2D eigenvalue weighted by molar-refractivity contribution is -0.137. The zero-order valence-corrected chi connectivity index (χ0v) is 19.9. The number of benzene rings is 1. The molecule has 1 aromatic carbocycles. The summed E-state index contributed by atoms with van der Waals surface area (Å²) in [6.45, 7) is 6.15. The minimum atomic E-state index is -4.31. The molecule has 3 rings (SSSR count). The molecule has 1 aromatic rings. The second-order valence-corrected chi connectivity index (χ2v) is 7.94. The summed E-state index contributed by atoms with van der Waals surface area (Å²) in [4.78, 5) is 6.73. The van der Waals surface area contributed by atoms with Crippen molar-refractivity contribution in [3.8, 4) is 0 Å². The van der Waals surface area contributed by atoms with Gasteiger partial charge >= 0.3 is 6.18 Å². The Bertz CT molecular complexity index is 701. The summed E-state index contributed by atoms with van der Waals surface area (Å²) in [5, 5.41) is 6.55. The molecule has 0 bridgehead atoms. The van der Waals surface area contributed by atoms with Gasteiger partial charge in [0.1, 0.15) is 0 Å². The molecule has 2 fully saturated rings. The Labute approximate surface area is 193 Å². The van der Waals surface area contributed by atoms with Gasteiger partial charge in [-0.2, -0.15) is 13.2 Å². The van der Waals surface area contributed by atoms with Crippen LogP contribution in [0.2, 0.25) is 0 Å². The van der Waals surface area contributed by atoms with Crippen LogP contribution >= 0.6 is 24.0 Å². The van der Waals surface area contributed by atoms with Crippen LogP contribution in [0, 0.1) is 0 Å². The Morgan fingerprint density at radius 1 is 1.33 bits per heavy atom. The van der Waals surface area contributed by atoms with Gasteiger partial charge in [-0.05, 0) is 43.4 Å². The van der Waals surface area contributed by atoms with Crippen molar-refractivity contribution < 1.29 is 17.9 Å². The van der Waals surface area contributed by atoms with E-state index in [2.05, 4.69) is 20.5 Å². The molecule has 170 valence electrons. The number of nitrogens with zero attached hydrogens (tertiary/aromatic N) is 2. The third kappa shape index (κ3) is 6.98. The van der Waals surface area contributed by atoms with Crippen LogP contribution in [0.15, 0.2) is 29.3 Å². The summed E-state index contributed by atoms with van der Waals surface area (Å²) < 4.78 is 44.6. The van der Waals surface area contributed by atoms with Gasteiger partial charge in [0.15, 0.2) is 5.96 Å². The van der Waals surface area contributed by atoms with Crippen LogP contribution in [-0.4, -0.2) is 62.8 Å². The lowest BCUT2D eigenvalue weighted by Crippen LogP contribution is -2.51. The van der Waals surface area contributed by atoms with E-state index >= 15 is 0 Å². The van der Waals surface area contributed by atoms with E-state index in [9.17, 15) is 13.2 Å².